The Bertz CT molecular complexity index is 1470. The van der Waals surface area contributed by atoms with Gasteiger partial charge in [-0.15, -0.1) is 0 Å². The summed E-state index contributed by atoms with van der Waals surface area (Å²) < 4.78 is 34.5. The number of aromatic nitrogens is 6. The highest BCUT2D eigenvalue weighted by Gasteiger charge is 2.22. The number of imidazole rings is 1. The minimum atomic E-state index is -3.88. The molecule has 3 aromatic heterocycles. The number of hydrogen-bond acceptors (Lipinski definition) is 7. The number of benzene rings is 1. The molecule has 11 heteroatoms. The molecule has 4 aromatic rings. The fourth-order valence-electron chi connectivity index (χ4n) is 3.57. The Morgan fingerprint density at radius 3 is 2.66 bits per heavy atom. The van der Waals surface area contributed by atoms with Crippen LogP contribution in [0.5, 0.6) is 5.75 Å². The van der Waals surface area contributed by atoms with Crippen LogP contribution >= 0.6 is 0 Å². The SMILES string of the molecule is CCCc1nn(C)c2c(=O)[nH]c(-c3cc(S(=O)(=O)n4cnc(C)c4)ccc3OCC)nc12. The molecule has 0 aliphatic rings. The molecule has 32 heavy (non-hydrogen) atoms. The van der Waals surface area contributed by atoms with Crippen molar-refractivity contribution in [2.24, 2.45) is 7.05 Å². The highest BCUT2D eigenvalue weighted by Crippen LogP contribution is 2.31. The summed E-state index contributed by atoms with van der Waals surface area (Å²) in [5.74, 6) is 0.631. The van der Waals surface area contributed by atoms with Gasteiger partial charge in [-0.2, -0.15) is 5.10 Å². The Balaban J connectivity index is 1.94. The number of aromatic amines is 1. The van der Waals surface area contributed by atoms with Crippen molar-refractivity contribution in [1.29, 1.82) is 0 Å². The maximum atomic E-state index is 13.1. The molecule has 0 aliphatic carbocycles. The van der Waals surface area contributed by atoms with Gasteiger partial charge in [0.05, 0.1) is 28.5 Å². The van der Waals surface area contributed by atoms with Crippen molar-refractivity contribution < 1.29 is 13.2 Å². The summed E-state index contributed by atoms with van der Waals surface area (Å²) in [6.45, 7) is 5.91. The maximum Gasteiger partial charge on any atom is 0.277 e. The van der Waals surface area contributed by atoms with Gasteiger partial charge in [0.1, 0.15) is 23.4 Å². The molecule has 0 atom stereocenters. The van der Waals surface area contributed by atoms with Gasteiger partial charge >= 0.3 is 0 Å². The summed E-state index contributed by atoms with van der Waals surface area (Å²) in [7, 11) is -2.18. The van der Waals surface area contributed by atoms with E-state index in [0.29, 0.717) is 46.8 Å². The van der Waals surface area contributed by atoms with E-state index in [1.807, 2.05) is 13.8 Å². The van der Waals surface area contributed by atoms with Crippen molar-refractivity contribution in [2.45, 2.75) is 38.5 Å². The Morgan fingerprint density at radius 1 is 1.22 bits per heavy atom. The zero-order valence-electron chi connectivity index (χ0n) is 18.3. The van der Waals surface area contributed by atoms with E-state index in [1.54, 1.807) is 20.0 Å². The predicted molar refractivity (Wildman–Crippen MR) is 119 cm³/mol. The van der Waals surface area contributed by atoms with Gasteiger partial charge in [-0.1, -0.05) is 13.3 Å². The summed E-state index contributed by atoms with van der Waals surface area (Å²) in [6, 6.07) is 4.48. The van der Waals surface area contributed by atoms with E-state index in [2.05, 4.69) is 20.1 Å². The number of nitrogens with zero attached hydrogens (tertiary/aromatic N) is 5. The summed E-state index contributed by atoms with van der Waals surface area (Å²) in [5.41, 5.74) is 2.17. The molecular weight excluding hydrogens is 432 g/mol. The van der Waals surface area contributed by atoms with Crippen LogP contribution in [0.4, 0.5) is 0 Å². The van der Waals surface area contributed by atoms with Gasteiger partial charge in [0.25, 0.3) is 15.6 Å². The first-order valence-electron chi connectivity index (χ1n) is 10.3. The lowest BCUT2D eigenvalue weighted by Gasteiger charge is -2.12. The summed E-state index contributed by atoms with van der Waals surface area (Å²) in [6.07, 6.45) is 4.20. The Morgan fingerprint density at radius 2 is 2.00 bits per heavy atom. The van der Waals surface area contributed by atoms with Crippen LogP contribution in [-0.2, 0) is 23.5 Å². The van der Waals surface area contributed by atoms with E-state index in [0.717, 1.165) is 10.4 Å². The first-order chi connectivity index (χ1) is 15.3. The first-order valence-corrected chi connectivity index (χ1v) is 11.7. The normalized spacial score (nSPS) is 11.9. The molecule has 0 radical (unpaired) electrons. The highest BCUT2D eigenvalue weighted by atomic mass is 32.2. The van der Waals surface area contributed by atoms with Gasteiger partial charge in [-0.3, -0.25) is 9.48 Å². The van der Waals surface area contributed by atoms with Gasteiger partial charge in [-0.05, 0) is 38.5 Å². The Kier molecular flexibility index (Phi) is 5.59. The lowest BCUT2D eigenvalue weighted by atomic mass is 10.1. The smallest absolute Gasteiger partial charge is 0.277 e. The average molecular weight is 457 g/mol. The molecule has 0 saturated heterocycles. The number of hydrogen-bond donors (Lipinski definition) is 1. The van der Waals surface area contributed by atoms with Gasteiger partial charge in [0, 0.05) is 13.2 Å². The van der Waals surface area contributed by atoms with E-state index in [-0.39, 0.29) is 16.3 Å². The van der Waals surface area contributed by atoms with E-state index in [4.69, 9.17) is 4.74 Å². The van der Waals surface area contributed by atoms with E-state index in [1.165, 1.54) is 29.3 Å². The number of nitrogens with one attached hydrogen (secondary N) is 1. The Labute approximate surface area is 185 Å². The second-order valence-corrected chi connectivity index (χ2v) is 9.22. The molecule has 0 unspecified atom stereocenters. The number of H-pyrrole nitrogens is 1. The van der Waals surface area contributed by atoms with Crippen molar-refractivity contribution in [2.75, 3.05) is 6.61 Å². The van der Waals surface area contributed by atoms with Crippen LogP contribution in [0.1, 0.15) is 31.7 Å². The zero-order valence-corrected chi connectivity index (χ0v) is 19.1. The third kappa shape index (κ3) is 3.68. The van der Waals surface area contributed by atoms with Crippen molar-refractivity contribution in [1.82, 2.24) is 28.7 Å². The first kappa shape index (κ1) is 21.8. The van der Waals surface area contributed by atoms with Crippen LogP contribution in [0.15, 0.2) is 40.4 Å². The van der Waals surface area contributed by atoms with Crippen LogP contribution in [-0.4, -0.2) is 43.7 Å². The molecular formula is C21H24N6O4S. The number of fused-ring (bicyclic) bond motifs is 1. The number of ether oxygens (including phenoxy) is 1. The van der Waals surface area contributed by atoms with Crippen molar-refractivity contribution in [3.05, 3.63) is 52.5 Å². The third-order valence-corrected chi connectivity index (χ3v) is 6.62. The zero-order chi connectivity index (χ0) is 23.0. The van der Waals surface area contributed by atoms with Crippen LogP contribution in [0, 0.1) is 6.92 Å². The van der Waals surface area contributed by atoms with Crippen molar-refractivity contribution >= 4 is 21.1 Å². The van der Waals surface area contributed by atoms with Crippen LogP contribution in [0.25, 0.3) is 22.4 Å². The van der Waals surface area contributed by atoms with Crippen LogP contribution in [0.3, 0.4) is 0 Å². The minimum Gasteiger partial charge on any atom is -0.493 e. The largest absolute Gasteiger partial charge is 0.493 e. The summed E-state index contributed by atoms with van der Waals surface area (Å²) in [5, 5.41) is 4.43. The van der Waals surface area contributed by atoms with Gasteiger partial charge in [0.15, 0.2) is 5.52 Å². The van der Waals surface area contributed by atoms with Gasteiger partial charge in [-0.25, -0.2) is 22.4 Å². The van der Waals surface area contributed by atoms with Crippen molar-refractivity contribution in [3.8, 4) is 17.1 Å². The third-order valence-electron chi connectivity index (χ3n) is 5.02. The van der Waals surface area contributed by atoms with E-state index < -0.39 is 10.0 Å². The van der Waals surface area contributed by atoms with E-state index >= 15 is 0 Å². The molecule has 4 rings (SSSR count). The highest BCUT2D eigenvalue weighted by molar-refractivity contribution is 7.90. The second-order valence-electron chi connectivity index (χ2n) is 7.37. The molecule has 0 fully saturated rings. The standard InChI is InChI=1S/C21H24N6O4S/c1-5-7-16-18-19(26(4)25-16)21(28)24-20(23-18)15-10-14(8-9-17(15)31-6-2)32(29,30)27-11-13(3)22-12-27/h8-12H,5-7H2,1-4H3,(H,23,24,28). The Hall–Kier alpha value is -3.47. The fraction of sp³-hybridized carbons (Fsp3) is 0.333. The van der Waals surface area contributed by atoms with Gasteiger partial charge < -0.3 is 9.72 Å². The summed E-state index contributed by atoms with van der Waals surface area (Å²) >= 11 is 0. The van der Waals surface area contributed by atoms with Crippen molar-refractivity contribution in [3.63, 3.8) is 0 Å². The molecule has 3 heterocycles. The monoisotopic (exact) mass is 456 g/mol. The maximum absolute atomic E-state index is 13.1. The molecule has 0 saturated carbocycles. The molecule has 0 spiro atoms. The predicted octanol–water partition coefficient (Wildman–Crippen LogP) is 2.42. The molecule has 0 aliphatic heterocycles. The number of aryl methyl sites for hydroxylation is 3. The van der Waals surface area contributed by atoms with Crippen LogP contribution in [0.2, 0.25) is 0 Å². The second kappa shape index (κ2) is 8.23. The topological polar surface area (TPSA) is 125 Å². The molecule has 0 bridgehead atoms. The lowest BCUT2D eigenvalue weighted by Crippen LogP contribution is -2.14. The molecule has 168 valence electrons. The molecule has 10 nitrogen and oxygen atoms in total. The average Bonchev–Trinajstić information content (AvgIpc) is 3.33. The van der Waals surface area contributed by atoms with E-state index in [9.17, 15) is 13.2 Å². The molecule has 1 N–H and O–H groups in total. The summed E-state index contributed by atoms with van der Waals surface area (Å²) in [4.78, 5) is 24.3. The fourth-order valence-corrected chi connectivity index (χ4v) is 4.78. The van der Waals surface area contributed by atoms with Gasteiger partial charge in [0.2, 0.25) is 0 Å². The minimum absolute atomic E-state index is 0.0241. The quantitative estimate of drug-likeness (QED) is 0.453. The van der Waals surface area contributed by atoms with Crippen LogP contribution < -0.4 is 10.3 Å². The molecule has 1 aromatic carbocycles. The molecule has 0 amide bonds. The number of rotatable bonds is 7. The lowest BCUT2D eigenvalue weighted by molar-refractivity contribution is 0.341.